The number of hydrogen-bond donors (Lipinski definition) is 3. The van der Waals surface area contributed by atoms with Gasteiger partial charge in [-0.3, -0.25) is 19.1 Å². The Morgan fingerprint density at radius 3 is 2.65 bits per heavy atom. The molecule has 0 radical (unpaired) electrons. The molecule has 1 unspecified atom stereocenters. The summed E-state index contributed by atoms with van der Waals surface area (Å²) in [6.45, 7) is 3.81. The van der Waals surface area contributed by atoms with Gasteiger partial charge in [0.1, 0.15) is 23.0 Å². The van der Waals surface area contributed by atoms with E-state index in [9.17, 15) is 18.8 Å². The van der Waals surface area contributed by atoms with Crippen LogP contribution in [0.2, 0.25) is 0 Å². The summed E-state index contributed by atoms with van der Waals surface area (Å²) in [6.07, 6.45) is 3.44. The molecule has 0 fully saturated rings. The van der Waals surface area contributed by atoms with Gasteiger partial charge in [-0.2, -0.15) is 0 Å². The number of pyridine rings is 1. The Morgan fingerprint density at radius 2 is 1.97 bits per heavy atom. The molecule has 3 N–H and O–H groups in total. The number of H-pyrrole nitrogens is 2. The molecule has 1 atom stereocenters. The Hall–Kier alpha value is -4.08. The number of hydrogen-bond acceptors (Lipinski definition) is 5. The third-order valence-corrected chi connectivity index (χ3v) is 5.59. The van der Waals surface area contributed by atoms with E-state index < -0.39 is 17.2 Å². The molecule has 176 valence electrons. The van der Waals surface area contributed by atoms with Gasteiger partial charge in [-0.05, 0) is 36.1 Å². The van der Waals surface area contributed by atoms with Crippen molar-refractivity contribution >= 4 is 22.9 Å². The van der Waals surface area contributed by atoms with Gasteiger partial charge in [0.25, 0.3) is 5.56 Å². The summed E-state index contributed by atoms with van der Waals surface area (Å²) in [5.41, 5.74) is 0.545. The minimum Gasteiger partial charge on any atom is -0.336 e. The lowest BCUT2D eigenvalue weighted by molar-refractivity contribution is -0.114. The molecule has 9 nitrogen and oxygen atoms in total. The van der Waals surface area contributed by atoms with Crippen LogP contribution in [-0.4, -0.2) is 30.4 Å². The lowest BCUT2D eigenvalue weighted by Gasteiger charge is -2.16. The smallest absolute Gasteiger partial charge is 0.330 e. The molecule has 3 heterocycles. The number of aromatic amines is 2. The summed E-state index contributed by atoms with van der Waals surface area (Å²) in [5.74, 6) is -0.296. The zero-order valence-electron chi connectivity index (χ0n) is 18.9. The number of fused-ring (bicyclic) bond motifs is 1. The van der Waals surface area contributed by atoms with Crippen LogP contribution in [0.1, 0.15) is 49.6 Å². The highest BCUT2D eigenvalue weighted by Crippen LogP contribution is 2.29. The average molecular weight is 465 g/mol. The Morgan fingerprint density at radius 1 is 1.18 bits per heavy atom. The van der Waals surface area contributed by atoms with Crippen molar-refractivity contribution in [2.24, 2.45) is 0 Å². The number of nitrogens with one attached hydrogen (secondary N) is 3. The number of aromatic nitrogens is 5. The number of carbonyl (C=O) groups is 1. The molecular weight excluding hydrogens is 439 g/mol. The molecule has 1 amide bonds. The number of imidazole rings is 1. The largest absolute Gasteiger partial charge is 0.336 e. The second-order valence-corrected chi connectivity index (χ2v) is 8.09. The monoisotopic (exact) mass is 464 g/mol. The highest BCUT2D eigenvalue weighted by atomic mass is 19.1. The van der Waals surface area contributed by atoms with Crippen LogP contribution < -0.4 is 16.6 Å². The molecule has 10 heteroatoms. The van der Waals surface area contributed by atoms with Crippen molar-refractivity contribution in [2.75, 3.05) is 5.32 Å². The van der Waals surface area contributed by atoms with Crippen molar-refractivity contribution in [2.45, 2.75) is 45.6 Å². The molecular formula is C24H25FN6O3. The van der Waals surface area contributed by atoms with Gasteiger partial charge in [0.2, 0.25) is 5.91 Å². The van der Waals surface area contributed by atoms with Gasteiger partial charge in [-0.1, -0.05) is 37.6 Å². The first-order valence-electron chi connectivity index (χ1n) is 11.1. The highest BCUT2D eigenvalue weighted by Gasteiger charge is 2.23. The first-order chi connectivity index (χ1) is 16.4. The molecule has 0 spiro atoms. The summed E-state index contributed by atoms with van der Waals surface area (Å²) < 4.78 is 16.0. The van der Waals surface area contributed by atoms with Crippen molar-refractivity contribution in [3.63, 3.8) is 0 Å². The van der Waals surface area contributed by atoms with E-state index in [-0.39, 0.29) is 29.3 Å². The van der Waals surface area contributed by atoms with Crippen molar-refractivity contribution in [3.05, 3.63) is 86.2 Å². The minimum atomic E-state index is -0.560. The summed E-state index contributed by atoms with van der Waals surface area (Å²) in [7, 11) is 0. The maximum Gasteiger partial charge on any atom is 0.330 e. The molecule has 4 aromatic rings. The molecule has 0 aliphatic carbocycles. The molecule has 0 aliphatic rings. The number of nitrogens with zero attached hydrogens (tertiary/aromatic N) is 3. The lowest BCUT2D eigenvalue weighted by atomic mass is 9.92. The van der Waals surface area contributed by atoms with Crippen molar-refractivity contribution in [1.82, 2.24) is 24.5 Å². The van der Waals surface area contributed by atoms with Gasteiger partial charge in [-0.25, -0.2) is 19.2 Å². The molecule has 0 saturated carbocycles. The van der Waals surface area contributed by atoms with Gasteiger partial charge in [-0.15, -0.1) is 0 Å². The summed E-state index contributed by atoms with van der Waals surface area (Å²) in [4.78, 5) is 50.6. The fourth-order valence-electron chi connectivity index (χ4n) is 3.87. The third-order valence-electron chi connectivity index (χ3n) is 5.59. The maximum atomic E-state index is 14.5. The van der Waals surface area contributed by atoms with Gasteiger partial charge in [0.15, 0.2) is 5.65 Å². The van der Waals surface area contributed by atoms with E-state index in [1.54, 1.807) is 36.5 Å². The van der Waals surface area contributed by atoms with Gasteiger partial charge >= 0.3 is 5.69 Å². The molecule has 1 aromatic carbocycles. The lowest BCUT2D eigenvalue weighted by Crippen LogP contribution is -2.30. The van der Waals surface area contributed by atoms with Gasteiger partial charge < -0.3 is 10.3 Å². The number of halogens is 1. The van der Waals surface area contributed by atoms with E-state index in [0.717, 1.165) is 12.8 Å². The van der Waals surface area contributed by atoms with Crippen LogP contribution in [0.3, 0.4) is 0 Å². The second-order valence-electron chi connectivity index (χ2n) is 8.09. The van der Waals surface area contributed by atoms with E-state index in [2.05, 4.69) is 25.3 Å². The summed E-state index contributed by atoms with van der Waals surface area (Å²) >= 11 is 0. The van der Waals surface area contributed by atoms with Crippen LogP contribution in [0, 0.1) is 5.82 Å². The van der Waals surface area contributed by atoms with E-state index in [0.29, 0.717) is 29.3 Å². The van der Waals surface area contributed by atoms with Crippen molar-refractivity contribution in [3.8, 4) is 0 Å². The zero-order chi connectivity index (χ0) is 24.2. The number of aryl methyl sites for hydroxylation is 1. The fourth-order valence-corrected chi connectivity index (χ4v) is 3.87. The average Bonchev–Trinajstić information content (AvgIpc) is 3.24. The maximum absolute atomic E-state index is 14.5. The van der Waals surface area contributed by atoms with Gasteiger partial charge in [0, 0.05) is 25.6 Å². The van der Waals surface area contributed by atoms with Crippen molar-refractivity contribution < 1.29 is 9.18 Å². The fraction of sp³-hybridized carbons (Fsp3) is 0.292. The van der Waals surface area contributed by atoms with E-state index in [1.807, 2.05) is 6.92 Å². The van der Waals surface area contributed by atoms with Crippen LogP contribution in [0.15, 0.2) is 52.2 Å². The number of amides is 1. The van der Waals surface area contributed by atoms with Gasteiger partial charge in [0.05, 0.1) is 0 Å². The Labute approximate surface area is 194 Å². The first-order valence-corrected chi connectivity index (χ1v) is 11.1. The normalized spacial score (nSPS) is 12.1. The van der Waals surface area contributed by atoms with Crippen LogP contribution in [0.5, 0.6) is 0 Å². The standard InChI is InChI=1S/C24H25FN6O3/c1-3-4-11-31-22-20(23(33)30-24(31)34)28-21(29-22)17(12-15-7-5-6-8-18(15)25)16-9-10-19(26-13-16)27-14(2)32/h5-10,13,17H,3-4,11-12H2,1-2H3,(H,28,29)(H,26,27,32)(H,30,33,34). The SMILES string of the molecule is CCCCn1c(=O)[nH]c(=O)c2[nH]c(C(Cc3ccccc3F)c3ccc(NC(C)=O)nc3)nc21. The Bertz CT molecular complexity index is 1440. The number of anilines is 1. The van der Waals surface area contributed by atoms with Crippen LogP contribution in [0.25, 0.3) is 11.2 Å². The third kappa shape index (κ3) is 4.80. The first kappa shape index (κ1) is 23.1. The van der Waals surface area contributed by atoms with Crippen LogP contribution in [-0.2, 0) is 17.8 Å². The highest BCUT2D eigenvalue weighted by molar-refractivity contribution is 5.87. The molecule has 4 rings (SSSR count). The minimum absolute atomic E-state index is 0.187. The molecule has 0 saturated heterocycles. The molecule has 3 aromatic heterocycles. The predicted octanol–water partition coefficient (Wildman–Crippen LogP) is 3.08. The Balaban J connectivity index is 1.83. The van der Waals surface area contributed by atoms with E-state index in [4.69, 9.17) is 0 Å². The Kier molecular flexibility index (Phi) is 6.67. The second kappa shape index (κ2) is 9.82. The number of rotatable bonds is 8. The van der Waals surface area contributed by atoms with Crippen LogP contribution in [0.4, 0.5) is 10.2 Å². The molecule has 0 bridgehead atoms. The number of benzene rings is 1. The molecule has 34 heavy (non-hydrogen) atoms. The topological polar surface area (TPSA) is 126 Å². The van der Waals surface area contributed by atoms with E-state index in [1.165, 1.54) is 17.6 Å². The summed E-state index contributed by atoms with van der Waals surface area (Å²) in [5, 5.41) is 2.61. The predicted molar refractivity (Wildman–Crippen MR) is 126 cm³/mol. The number of carbonyl (C=O) groups excluding carboxylic acids is 1. The van der Waals surface area contributed by atoms with E-state index >= 15 is 0 Å². The number of unbranched alkanes of at least 4 members (excludes halogenated alkanes) is 1. The van der Waals surface area contributed by atoms with Crippen LogP contribution >= 0.6 is 0 Å². The quantitative estimate of drug-likeness (QED) is 0.370. The molecule has 0 aliphatic heterocycles. The summed E-state index contributed by atoms with van der Waals surface area (Å²) in [6, 6.07) is 9.86. The van der Waals surface area contributed by atoms with Crippen molar-refractivity contribution in [1.29, 1.82) is 0 Å². The zero-order valence-corrected chi connectivity index (χ0v) is 18.9.